The Morgan fingerprint density at radius 3 is 2.50 bits per heavy atom. The van der Waals surface area contributed by atoms with Crippen LogP contribution in [0.25, 0.3) is 5.76 Å². The number of ether oxygens (including phenoxy) is 5. The summed E-state index contributed by atoms with van der Waals surface area (Å²) in [5, 5.41) is 11.4. The molecule has 2 aliphatic heterocycles. The number of hydrogen-bond acceptors (Lipinski definition) is 8. The Hall–Kier alpha value is -3.72. The minimum atomic E-state index is -0.817. The Morgan fingerprint density at radius 1 is 0.974 bits per heavy atom. The van der Waals surface area contributed by atoms with E-state index in [-0.39, 0.29) is 17.9 Å². The summed E-state index contributed by atoms with van der Waals surface area (Å²) < 4.78 is 27.9. The molecule has 0 radical (unpaired) electrons. The SMILES string of the molecule is CCCCCOc1ccc(C2/C(=C(\O)c3ccc4c(c3)OCCO4)C(=O)C(=O)N2CCCOC)cc1OC. The molecule has 2 aromatic carbocycles. The standard InChI is InChI=1S/C29H35NO8/c1-4-5-6-14-36-21-10-8-19(17-23(21)35-3)26-25(28(32)29(33)30(26)12-7-13-34-2)27(31)20-9-11-22-24(18-20)38-16-15-37-22/h8-11,17-18,26,31H,4-7,12-16H2,1-3H3/b27-25+. The van der Waals surface area contributed by atoms with E-state index in [4.69, 9.17) is 23.7 Å². The predicted molar refractivity (Wildman–Crippen MR) is 141 cm³/mol. The summed E-state index contributed by atoms with van der Waals surface area (Å²) in [6, 6.07) is 9.46. The number of benzene rings is 2. The van der Waals surface area contributed by atoms with Crippen LogP contribution in [0.5, 0.6) is 23.0 Å². The van der Waals surface area contributed by atoms with E-state index in [0.29, 0.717) is 67.0 Å². The van der Waals surface area contributed by atoms with Crippen molar-refractivity contribution in [2.75, 3.05) is 47.2 Å². The quantitative estimate of drug-likeness (QED) is 0.187. The fourth-order valence-corrected chi connectivity index (χ4v) is 4.69. The topological polar surface area (TPSA) is 104 Å². The molecule has 0 bridgehead atoms. The Balaban J connectivity index is 1.75. The molecular formula is C29H35NO8. The fraction of sp³-hybridized carbons (Fsp3) is 0.448. The second-order valence-corrected chi connectivity index (χ2v) is 9.16. The zero-order chi connectivity index (χ0) is 27.1. The molecule has 4 rings (SSSR count). The molecule has 0 aromatic heterocycles. The van der Waals surface area contributed by atoms with Gasteiger partial charge >= 0.3 is 0 Å². The van der Waals surface area contributed by atoms with Crippen molar-refractivity contribution in [3.63, 3.8) is 0 Å². The number of aliphatic hydroxyl groups excluding tert-OH is 1. The average Bonchev–Trinajstić information content (AvgIpc) is 3.20. The molecular weight excluding hydrogens is 490 g/mol. The number of nitrogens with zero attached hydrogens (tertiary/aromatic N) is 1. The number of carbonyl (C=O) groups excluding carboxylic acids is 2. The second-order valence-electron chi connectivity index (χ2n) is 9.16. The second kappa shape index (κ2) is 12.7. The van der Waals surface area contributed by atoms with Gasteiger partial charge in [0.15, 0.2) is 23.0 Å². The van der Waals surface area contributed by atoms with E-state index in [2.05, 4.69) is 6.92 Å². The third-order valence-electron chi connectivity index (χ3n) is 6.61. The van der Waals surface area contributed by atoms with E-state index in [9.17, 15) is 14.7 Å². The number of Topliss-reactive ketones (excluding diaryl/α,β-unsaturated/α-hetero) is 1. The van der Waals surface area contributed by atoms with Crippen LogP contribution in [0.3, 0.4) is 0 Å². The van der Waals surface area contributed by atoms with Gasteiger partial charge in [0, 0.05) is 25.8 Å². The Bertz CT molecular complexity index is 1190. The van der Waals surface area contributed by atoms with Crippen LogP contribution in [0.15, 0.2) is 42.0 Å². The summed E-state index contributed by atoms with van der Waals surface area (Å²) >= 11 is 0. The van der Waals surface area contributed by atoms with Crippen LogP contribution in [-0.4, -0.2) is 68.9 Å². The van der Waals surface area contributed by atoms with Gasteiger partial charge in [0.25, 0.3) is 11.7 Å². The molecule has 2 heterocycles. The van der Waals surface area contributed by atoms with Crippen LogP contribution in [0.1, 0.15) is 49.8 Å². The van der Waals surface area contributed by atoms with Gasteiger partial charge in [-0.05, 0) is 48.7 Å². The molecule has 1 fully saturated rings. The highest BCUT2D eigenvalue weighted by Gasteiger charge is 2.46. The first-order valence-electron chi connectivity index (χ1n) is 13.0. The van der Waals surface area contributed by atoms with E-state index in [1.165, 1.54) is 4.90 Å². The van der Waals surface area contributed by atoms with Gasteiger partial charge in [0.05, 0.1) is 25.3 Å². The first-order valence-corrected chi connectivity index (χ1v) is 13.0. The minimum Gasteiger partial charge on any atom is -0.507 e. The summed E-state index contributed by atoms with van der Waals surface area (Å²) in [6.45, 7) is 4.20. The molecule has 2 aliphatic rings. The van der Waals surface area contributed by atoms with Gasteiger partial charge in [-0.25, -0.2) is 0 Å². The summed E-state index contributed by atoms with van der Waals surface area (Å²) in [7, 11) is 3.13. The van der Waals surface area contributed by atoms with Crippen molar-refractivity contribution in [2.24, 2.45) is 0 Å². The molecule has 2 aromatic rings. The zero-order valence-electron chi connectivity index (χ0n) is 22.2. The van der Waals surface area contributed by atoms with Crippen LogP contribution in [0.2, 0.25) is 0 Å². The van der Waals surface area contributed by atoms with Gasteiger partial charge < -0.3 is 33.7 Å². The first-order chi connectivity index (χ1) is 18.5. The van der Waals surface area contributed by atoms with Crippen LogP contribution in [0.4, 0.5) is 0 Å². The highest BCUT2D eigenvalue weighted by molar-refractivity contribution is 6.46. The highest BCUT2D eigenvalue weighted by Crippen LogP contribution is 2.43. The van der Waals surface area contributed by atoms with Gasteiger partial charge in [-0.2, -0.15) is 0 Å². The van der Waals surface area contributed by atoms with E-state index in [0.717, 1.165) is 19.3 Å². The van der Waals surface area contributed by atoms with Crippen molar-refractivity contribution in [3.05, 3.63) is 53.1 Å². The number of rotatable bonds is 12. The summed E-state index contributed by atoms with van der Waals surface area (Å²) in [5.41, 5.74) is 0.984. The van der Waals surface area contributed by atoms with Crippen LogP contribution < -0.4 is 18.9 Å². The van der Waals surface area contributed by atoms with Crippen molar-refractivity contribution in [1.82, 2.24) is 4.90 Å². The third kappa shape index (κ3) is 5.72. The lowest BCUT2D eigenvalue weighted by atomic mass is 9.94. The number of ketones is 1. The Labute approximate surface area is 222 Å². The van der Waals surface area contributed by atoms with Gasteiger partial charge in [-0.3, -0.25) is 9.59 Å². The predicted octanol–water partition coefficient (Wildman–Crippen LogP) is 4.49. The molecule has 0 saturated carbocycles. The lowest BCUT2D eigenvalue weighted by Gasteiger charge is -2.26. The van der Waals surface area contributed by atoms with E-state index in [1.54, 1.807) is 50.6 Å². The lowest BCUT2D eigenvalue weighted by Crippen LogP contribution is -2.31. The zero-order valence-corrected chi connectivity index (χ0v) is 22.2. The summed E-state index contributed by atoms with van der Waals surface area (Å²) in [6.07, 6.45) is 3.61. The number of fused-ring (bicyclic) bond motifs is 1. The number of methoxy groups -OCH3 is 2. The van der Waals surface area contributed by atoms with Crippen LogP contribution in [0, 0.1) is 0 Å². The summed E-state index contributed by atoms with van der Waals surface area (Å²) in [4.78, 5) is 28.0. The van der Waals surface area contributed by atoms with Crippen molar-refractivity contribution < 1.29 is 38.4 Å². The number of carbonyl (C=O) groups is 2. The molecule has 1 saturated heterocycles. The Kier molecular flexibility index (Phi) is 9.12. The minimum absolute atomic E-state index is 0.00256. The average molecular weight is 526 g/mol. The number of amides is 1. The molecule has 9 heteroatoms. The number of aliphatic hydroxyl groups is 1. The Morgan fingerprint density at radius 2 is 1.76 bits per heavy atom. The number of unbranched alkanes of at least 4 members (excludes halogenated alkanes) is 2. The maximum atomic E-state index is 13.3. The molecule has 9 nitrogen and oxygen atoms in total. The van der Waals surface area contributed by atoms with Crippen molar-refractivity contribution in [3.8, 4) is 23.0 Å². The van der Waals surface area contributed by atoms with Gasteiger partial charge in [0.1, 0.15) is 19.0 Å². The normalized spacial score (nSPS) is 18.1. The van der Waals surface area contributed by atoms with Crippen molar-refractivity contribution in [1.29, 1.82) is 0 Å². The van der Waals surface area contributed by atoms with Gasteiger partial charge in [-0.15, -0.1) is 0 Å². The van der Waals surface area contributed by atoms with Crippen LogP contribution in [-0.2, 0) is 14.3 Å². The molecule has 204 valence electrons. The maximum absolute atomic E-state index is 13.3. The number of likely N-dealkylation sites (tertiary alicyclic amines) is 1. The molecule has 0 aliphatic carbocycles. The van der Waals surface area contributed by atoms with Crippen molar-refractivity contribution >= 4 is 17.4 Å². The molecule has 1 unspecified atom stereocenters. The van der Waals surface area contributed by atoms with Gasteiger partial charge in [-0.1, -0.05) is 25.8 Å². The molecule has 0 spiro atoms. The highest BCUT2D eigenvalue weighted by atomic mass is 16.6. The molecule has 1 N–H and O–H groups in total. The number of hydrogen-bond donors (Lipinski definition) is 1. The van der Waals surface area contributed by atoms with Gasteiger partial charge in [0.2, 0.25) is 0 Å². The van der Waals surface area contributed by atoms with E-state index in [1.807, 2.05) is 0 Å². The van der Waals surface area contributed by atoms with Crippen molar-refractivity contribution in [2.45, 2.75) is 38.6 Å². The third-order valence-corrected chi connectivity index (χ3v) is 6.61. The summed E-state index contributed by atoms with van der Waals surface area (Å²) in [5.74, 6) is 0.388. The van der Waals surface area contributed by atoms with E-state index >= 15 is 0 Å². The largest absolute Gasteiger partial charge is 0.507 e. The van der Waals surface area contributed by atoms with Crippen LogP contribution >= 0.6 is 0 Å². The van der Waals surface area contributed by atoms with E-state index < -0.39 is 17.7 Å². The molecule has 38 heavy (non-hydrogen) atoms. The maximum Gasteiger partial charge on any atom is 0.295 e. The fourth-order valence-electron chi connectivity index (χ4n) is 4.69. The first kappa shape index (κ1) is 27.3. The molecule has 1 amide bonds. The monoisotopic (exact) mass is 525 g/mol. The molecule has 1 atom stereocenters. The lowest BCUT2D eigenvalue weighted by molar-refractivity contribution is -0.140. The smallest absolute Gasteiger partial charge is 0.295 e.